The van der Waals surface area contributed by atoms with Crippen LogP contribution >= 0.6 is 11.3 Å². The molecule has 1 nitrogen and oxygen atoms in total. The van der Waals surface area contributed by atoms with Crippen LogP contribution in [-0.4, -0.2) is 13.1 Å². The van der Waals surface area contributed by atoms with E-state index in [1.165, 1.54) is 29.7 Å². The highest BCUT2D eigenvalue weighted by Crippen LogP contribution is 2.15. The molecular formula is C14H23NS. The highest BCUT2D eigenvalue weighted by molar-refractivity contribution is 7.09. The van der Waals surface area contributed by atoms with Crippen molar-refractivity contribution >= 4 is 11.3 Å². The largest absolute Gasteiger partial charge is 0.317 e. The minimum Gasteiger partial charge on any atom is -0.317 e. The van der Waals surface area contributed by atoms with Crippen LogP contribution in [0, 0.1) is 0 Å². The van der Waals surface area contributed by atoms with Gasteiger partial charge in [-0.3, -0.25) is 0 Å². The number of hydrogen-bond acceptors (Lipinski definition) is 2. The lowest BCUT2D eigenvalue weighted by molar-refractivity contribution is 0.498. The molecule has 0 saturated heterocycles. The van der Waals surface area contributed by atoms with Gasteiger partial charge in [-0.15, -0.1) is 11.3 Å². The van der Waals surface area contributed by atoms with Gasteiger partial charge < -0.3 is 5.32 Å². The first-order valence-corrected chi connectivity index (χ1v) is 7.00. The average Bonchev–Trinajstić information content (AvgIpc) is 2.80. The third-order valence-corrected chi connectivity index (χ3v) is 3.94. The maximum absolute atomic E-state index is 4.08. The van der Waals surface area contributed by atoms with Crippen LogP contribution in [-0.2, 0) is 6.42 Å². The predicted molar refractivity (Wildman–Crippen MR) is 74.2 cm³/mol. The van der Waals surface area contributed by atoms with E-state index in [1.807, 2.05) is 11.3 Å². The van der Waals surface area contributed by atoms with Crippen molar-refractivity contribution in [2.45, 2.75) is 45.1 Å². The summed E-state index contributed by atoms with van der Waals surface area (Å²) in [6, 6.07) is 4.96. The van der Waals surface area contributed by atoms with Crippen molar-refractivity contribution in [2.24, 2.45) is 0 Å². The molecule has 1 aromatic heterocycles. The summed E-state index contributed by atoms with van der Waals surface area (Å²) >= 11 is 1.86. The first-order chi connectivity index (χ1) is 7.76. The maximum Gasteiger partial charge on any atom is 0.0101 e. The fourth-order valence-corrected chi connectivity index (χ4v) is 2.57. The van der Waals surface area contributed by atoms with Crippen molar-refractivity contribution in [3.63, 3.8) is 0 Å². The van der Waals surface area contributed by atoms with Gasteiger partial charge in [-0.2, -0.15) is 0 Å². The summed E-state index contributed by atoms with van der Waals surface area (Å²) in [4.78, 5) is 1.50. The Morgan fingerprint density at radius 1 is 1.56 bits per heavy atom. The molecular weight excluding hydrogens is 214 g/mol. The summed E-state index contributed by atoms with van der Waals surface area (Å²) in [5.41, 5.74) is 1.36. The highest BCUT2D eigenvalue weighted by Gasteiger charge is 2.07. The van der Waals surface area contributed by atoms with E-state index >= 15 is 0 Å². The zero-order chi connectivity index (χ0) is 11.8. The second-order valence-electron chi connectivity index (χ2n) is 4.26. The van der Waals surface area contributed by atoms with Gasteiger partial charge in [0, 0.05) is 10.9 Å². The molecule has 0 aliphatic rings. The Balaban J connectivity index is 2.21. The molecule has 1 rings (SSSR count). The molecule has 90 valence electrons. The van der Waals surface area contributed by atoms with Crippen LogP contribution in [0.25, 0.3) is 0 Å². The van der Waals surface area contributed by atoms with Crippen LogP contribution < -0.4 is 5.32 Å². The molecule has 0 aliphatic carbocycles. The number of rotatable bonds is 8. The van der Waals surface area contributed by atoms with E-state index in [9.17, 15) is 0 Å². The first kappa shape index (κ1) is 13.5. The van der Waals surface area contributed by atoms with Gasteiger partial charge in [0.25, 0.3) is 0 Å². The third kappa shape index (κ3) is 4.95. The molecule has 1 N–H and O–H groups in total. The van der Waals surface area contributed by atoms with Crippen LogP contribution in [0.15, 0.2) is 29.7 Å². The fourth-order valence-electron chi connectivity index (χ4n) is 1.82. The molecule has 16 heavy (non-hydrogen) atoms. The summed E-state index contributed by atoms with van der Waals surface area (Å²) in [6.07, 6.45) is 5.95. The van der Waals surface area contributed by atoms with Gasteiger partial charge in [0.05, 0.1) is 0 Å². The SMILES string of the molecule is C=C(CC)CC(CCCc1cccs1)NC. The van der Waals surface area contributed by atoms with Crippen molar-refractivity contribution in [1.82, 2.24) is 5.32 Å². The first-order valence-electron chi connectivity index (χ1n) is 6.12. The molecule has 2 heteroatoms. The summed E-state index contributed by atoms with van der Waals surface area (Å²) in [6.45, 7) is 6.26. The van der Waals surface area contributed by atoms with E-state index in [1.54, 1.807) is 0 Å². The maximum atomic E-state index is 4.08. The van der Waals surface area contributed by atoms with Gasteiger partial charge in [-0.25, -0.2) is 0 Å². The molecule has 0 fully saturated rings. The Hall–Kier alpha value is -0.600. The summed E-state index contributed by atoms with van der Waals surface area (Å²) in [5, 5.41) is 5.55. The molecule has 0 saturated carbocycles. The van der Waals surface area contributed by atoms with Crippen molar-refractivity contribution in [1.29, 1.82) is 0 Å². The molecule has 1 aromatic rings. The van der Waals surface area contributed by atoms with Crippen LogP contribution in [0.3, 0.4) is 0 Å². The monoisotopic (exact) mass is 237 g/mol. The number of nitrogens with one attached hydrogen (secondary N) is 1. The minimum atomic E-state index is 0.604. The Kier molecular flexibility index (Phi) is 6.43. The van der Waals surface area contributed by atoms with Crippen LogP contribution in [0.2, 0.25) is 0 Å². The zero-order valence-corrected chi connectivity index (χ0v) is 11.3. The minimum absolute atomic E-state index is 0.604. The van der Waals surface area contributed by atoms with E-state index < -0.39 is 0 Å². The Bertz CT molecular complexity index is 290. The Morgan fingerprint density at radius 2 is 2.38 bits per heavy atom. The quantitative estimate of drug-likeness (QED) is 0.674. The van der Waals surface area contributed by atoms with Gasteiger partial charge >= 0.3 is 0 Å². The van der Waals surface area contributed by atoms with E-state index in [2.05, 4.69) is 43.4 Å². The van der Waals surface area contributed by atoms with Crippen LogP contribution in [0.5, 0.6) is 0 Å². The standard InChI is InChI=1S/C14H23NS/c1-4-12(2)11-13(15-3)7-5-8-14-9-6-10-16-14/h6,9-10,13,15H,2,4-5,7-8,11H2,1,3H3. The second kappa shape index (κ2) is 7.64. The van der Waals surface area contributed by atoms with Gasteiger partial charge in [0.2, 0.25) is 0 Å². The molecule has 0 aromatic carbocycles. The van der Waals surface area contributed by atoms with Crippen LogP contribution in [0.1, 0.15) is 37.5 Å². The van der Waals surface area contributed by atoms with Crippen molar-refractivity contribution in [2.75, 3.05) is 7.05 Å². The second-order valence-corrected chi connectivity index (χ2v) is 5.30. The van der Waals surface area contributed by atoms with E-state index in [0.717, 1.165) is 12.8 Å². The average molecular weight is 237 g/mol. The molecule has 0 radical (unpaired) electrons. The summed E-state index contributed by atoms with van der Waals surface area (Å²) in [7, 11) is 2.05. The lowest BCUT2D eigenvalue weighted by Gasteiger charge is -2.16. The number of aryl methyl sites for hydroxylation is 1. The Morgan fingerprint density at radius 3 is 2.94 bits per heavy atom. The van der Waals surface area contributed by atoms with E-state index in [-0.39, 0.29) is 0 Å². The normalized spacial score (nSPS) is 12.6. The molecule has 1 unspecified atom stereocenters. The smallest absolute Gasteiger partial charge is 0.0101 e. The molecule has 1 atom stereocenters. The Labute approximate surface area is 104 Å². The molecule has 0 bridgehead atoms. The topological polar surface area (TPSA) is 12.0 Å². The summed E-state index contributed by atoms with van der Waals surface area (Å²) < 4.78 is 0. The molecule has 1 heterocycles. The molecule has 0 aliphatic heterocycles. The van der Waals surface area contributed by atoms with Gasteiger partial charge in [0.1, 0.15) is 0 Å². The number of hydrogen-bond donors (Lipinski definition) is 1. The molecule has 0 amide bonds. The van der Waals surface area contributed by atoms with E-state index in [4.69, 9.17) is 0 Å². The van der Waals surface area contributed by atoms with Crippen molar-refractivity contribution in [3.8, 4) is 0 Å². The van der Waals surface area contributed by atoms with Crippen molar-refractivity contribution in [3.05, 3.63) is 34.5 Å². The fraction of sp³-hybridized carbons (Fsp3) is 0.571. The van der Waals surface area contributed by atoms with Crippen LogP contribution in [0.4, 0.5) is 0 Å². The van der Waals surface area contributed by atoms with Crippen molar-refractivity contribution < 1.29 is 0 Å². The lowest BCUT2D eigenvalue weighted by Crippen LogP contribution is -2.25. The highest BCUT2D eigenvalue weighted by atomic mass is 32.1. The van der Waals surface area contributed by atoms with Gasteiger partial charge in [-0.1, -0.05) is 25.1 Å². The van der Waals surface area contributed by atoms with Gasteiger partial charge in [0.15, 0.2) is 0 Å². The van der Waals surface area contributed by atoms with E-state index in [0.29, 0.717) is 6.04 Å². The lowest BCUT2D eigenvalue weighted by atomic mass is 10.0. The summed E-state index contributed by atoms with van der Waals surface area (Å²) in [5.74, 6) is 0. The molecule has 0 spiro atoms. The predicted octanol–water partition coefficient (Wildman–Crippen LogP) is 4.02. The third-order valence-electron chi connectivity index (χ3n) is 3.00. The van der Waals surface area contributed by atoms with Gasteiger partial charge in [-0.05, 0) is 50.6 Å². The zero-order valence-electron chi connectivity index (χ0n) is 10.5. The number of thiophene rings is 1.